The first-order valence-corrected chi connectivity index (χ1v) is 13.1. The molecule has 1 unspecified atom stereocenters. The maximum atomic E-state index is 13.5. The van der Waals surface area contributed by atoms with Crippen molar-refractivity contribution in [3.8, 4) is 0 Å². The van der Waals surface area contributed by atoms with Gasteiger partial charge in [-0.3, -0.25) is 13.9 Å². The number of benzene rings is 2. The lowest BCUT2D eigenvalue weighted by molar-refractivity contribution is -0.140. The van der Waals surface area contributed by atoms with Crippen LogP contribution < -0.4 is 9.62 Å². The molecule has 0 bridgehead atoms. The first-order valence-electron chi connectivity index (χ1n) is 10.9. The molecule has 0 aliphatic rings. The number of amides is 2. The van der Waals surface area contributed by atoms with Crippen LogP contribution in [-0.4, -0.2) is 50.5 Å². The van der Waals surface area contributed by atoms with Gasteiger partial charge in [0.25, 0.3) is 0 Å². The number of nitrogens with zero attached hydrogens (tertiary/aromatic N) is 2. The summed E-state index contributed by atoms with van der Waals surface area (Å²) in [5, 5.41) is 3.11. The summed E-state index contributed by atoms with van der Waals surface area (Å²) in [6.45, 7) is 5.99. The van der Waals surface area contributed by atoms with Crippen molar-refractivity contribution >= 4 is 39.1 Å². The Labute approximate surface area is 201 Å². The lowest BCUT2D eigenvalue weighted by Crippen LogP contribution is -2.52. The van der Waals surface area contributed by atoms with Gasteiger partial charge in [-0.25, -0.2) is 8.42 Å². The van der Waals surface area contributed by atoms with Gasteiger partial charge >= 0.3 is 0 Å². The summed E-state index contributed by atoms with van der Waals surface area (Å²) in [5.74, 6) is -0.499. The van der Waals surface area contributed by atoms with Gasteiger partial charge in [-0.1, -0.05) is 74.8 Å². The zero-order valence-corrected chi connectivity index (χ0v) is 21.1. The number of anilines is 1. The molecule has 2 rings (SSSR count). The Balaban J connectivity index is 2.40. The molecule has 2 amide bonds. The van der Waals surface area contributed by atoms with E-state index in [1.807, 2.05) is 51.1 Å². The van der Waals surface area contributed by atoms with Crippen LogP contribution in [0, 0.1) is 5.92 Å². The van der Waals surface area contributed by atoms with E-state index in [1.54, 1.807) is 24.3 Å². The first kappa shape index (κ1) is 26.7. The number of hydrogen-bond acceptors (Lipinski definition) is 4. The second kappa shape index (κ2) is 12.0. The van der Waals surface area contributed by atoms with E-state index in [4.69, 9.17) is 11.6 Å². The van der Waals surface area contributed by atoms with Crippen molar-refractivity contribution in [3.05, 3.63) is 65.2 Å². The van der Waals surface area contributed by atoms with Crippen molar-refractivity contribution in [2.75, 3.05) is 23.7 Å². The van der Waals surface area contributed by atoms with Gasteiger partial charge < -0.3 is 10.2 Å². The molecule has 1 N–H and O–H groups in total. The number of para-hydroxylation sites is 1. The second-order valence-electron chi connectivity index (χ2n) is 8.29. The molecule has 180 valence electrons. The molecule has 33 heavy (non-hydrogen) atoms. The second-order valence-corrected chi connectivity index (χ2v) is 10.6. The molecule has 0 aliphatic carbocycles. The molecule has 9 heteroatoms. The number of halogens is 1. The zero-order valence-electron chi connectivity index (χ0n) is 19.5. The van der Waals surface area contributed by atoms with E-state index in [9.17, 15) is 18.0 Å². The van der Waals surface area contributed by atoms with Crippen molar-refractivity contribution in [2.45, 2.75) is 39.8 Å². The minimum Gasteiger partial charge on any atom is -0.354 e. The highest BCUT2D eigenvalue weighted by Gasteiger charge is 2.32. The molecule has 0 heterocycles. The summed E-state index contributed by atoms with van der Waals surface area (Å²) in [5.41, 5.74) is 1.05. The molecule has 0 saturated heterocycles. The molecule has 0 aliphatic heterocycles. The third-order valence-corrected chi connectivity index (χ3v) is 6.51. The van der Waals surface area contributed by atoms with Gasteiger partial charge in [0.2, 0.25) is 21.8 Å². The Morgan fingerprint density at radius 3 is 2.18 bits per heavy atom. The molecule has 0 fully saturated rings. The van der Waals surface area contributed by atoms with Gasteiger partial charge in [0.15, 0.2) is 0 Å². The van der Waals surface area contributed by atoms with E-state index in [0.29, 0.717) is 13.0 Å². The largest absolute Gasteiger partial charge is 0.354 e. The summed E-state index contributed by atoms with van der Waals surface area (Å²) < 4.78 is 26.1. The standard InChI is InChI=1S/C24H32ClN3O4S/c1-5-21(24(30)26-15-18(2)3)27(16-19-11-7-6-8-12-19)23(29)17-28(33(4,31)32)22-14-10-9-13-20(22)25/h6-14,18,21H,5,15-17H2,1-4H3,(H,26,30). The van der Waals surface area contributed by atoms with Gasteiger partial charge in [0.05, 0.1) is 17.0 Å². The van der Waals surface area contributed by atoms with Crippen LogP contribution in [0.1, 0.15) is 32.8 Å². The third kappa shape index (κ3) is 7.75. The highest BCUT2D eigenvalue weighted by molar-refractivity contribution is 7.92. The smallest absolute Gasteiger partial charge is 0.244 e. The van der Waals surface area contributed by atoms with Crippen LogP contribution in [0.4, 0.5) is 5.69 Å². The van der Waals surface area contributed by atoms with Gasteiger partial charge in [0.1, 0.15) is 12.6 Å². The molecule has 7 nitrogen and oxygen atoms in total. The van der Waals surface area contributed by atoms with Crippen LogP contribution in [0.15, 0.2) is 54.6 Å². The number of carbonyl (C=O) groups is 2. The van der Waals surface area contributed by atoms with Crippen LogP contribution >= 0.6 is 11.6 Å². The molecular weight excluding hydrogens is 462 g/mol. The van der Waals surface area contributed by atoms with Crippen molar-refractivity contribution in [2.24, 2.45) is 5.92 Å². The van der Waals surface area contributed by atoms with Gasteiger partial charge in [-0.15, -0.1) is 0 Å². The predicted molar refractivity (Wildman–Crippen MR) is 133 cm³/mol. The van der Waals surface area contributed by atoms with Crippen LogP contribution in [0.2, 0.25) is 5.02 Å². The Kier molecular flexibility index (Phi) is 9.73. The average molecular weight is 494 g/mol. The first-order chi connectivity index (χ1) is 15.5. The molecule has 2 aromatic rings. The molecule has 1 atom stereocenters. The maximum absolute atomic E-state index is 13.5. The quantitative estimate of drug-likeness (QED) is 0.517. The molecular formula is C24H32ClN3O4S. The average Bonchev–Trinajstić information content (AvgIpc) is 2.76. The molecule has 0 spiro atoms. The highest BCUT2D eigenvalue weighted by Crippen LogP contribution is 2.27. The Hall–Kier alpha value is -2.58. The van der Waals surface area contributed by atoms with Gasteiger partial charge in [-0.2, -0.15) is 0 Å². The fourth-order valence-corrected chi connectivity index (χ4v) is 4.52. The lowest BCUT2D eigenvalue weighted by atomic mass is 10.1. The predicted octanol–water partition coefficient (Wildman–Crippen LogP) is 3.69. The number of hydrogen-bond donors (Lipinski definition) is 1. The minimum absolute atomic E-state index is 0.174. The van der Waals surface area contributed by atoms with E-state index >= 15 is 0 Å². The SMILES string of the molecule is CCC(C(=O)NCC(C)C)N(Cc1ccccc1)C(=O)CN(c1ccccc1Cl)S(C)(=O)=O. The van der Waals surface area contributed by atoms with Crippen molar-refractivity contribution in [1.82, 2.24) is 10.2 Å². The summed E-state index contributed by atoms with van der Waals surface area (Å²) in [4.78, 5) is 27.9. The van der Waals surface area contributed by atoms with Gasteiger partial charge in [0, 0.05) is 13.1 Å². The topological polar surface area (TPSA) is 86.8 Å². The third-order valence-electron chi connectivity index (χ3n) is 5.07. The van der Waals surface area contributed by atoms with Crippen molar-refractivity contribution < 1.29 is 18.0 Å². The van der Waals surface area contributed by atoms with E-state index in [0.717, 1.165) is 16.1 Å². The van der Waals surface area contributed by atoms with Crippen molar-refractivity contribution in [3.63, 3.8) is 0 Å². The van der Waals surface area contributed by atoms with E-state index in [2.05, 4.69) is 5.32 Å². The van der Waals surface area contributed by atoms with Crippen molar-refractivity contribution in [1.29, 1.82) is 0 Å². The zero-order chi connectivity index (χ0) is 24.6. The van der Waals surface area contributed by atoms with Crippen LogP contribution in [0.3, 0.4) is 0 Å². The lowest BCUT2D eigenvalue weighted by Gasteiger charge is -2.33. The Morgan fingerprint density at radius 1 is 1.03 bits per heavy atom. The Bertz CT molecular complexity index is 1040. The molecule has 0 radical (unpaired) electrons. The Morgan fingerprint density at radius 2 is 1.64 bits per heavy atom. The number of sulfonamides is 1. The molecule has 2 aromatic carbocycles. The minimum atomic E-state index is -3.82. The normalized spacial score (nSPS) is 12.3. The summed E-state index contributed by atoms with van der Waals surface area (Å²) >= 11 is 6.23. The summed E-state index contributed by atoms with van der Waals surface area (Å²) in [6, 6.07) is 15.0. The van der Waals surface area contributed by atoms with E-state index < -0.39 is 28.5 Å². The fourth-order valence-electron chi connectivity index (χ4n) is 3.37. The molecule has 0 aromatic heterocycles. The van der Waals surface area contributed by atoms with Gasteiger partial charge in [-0.05, 0) is 30.0 Å². The van der Waals surface area contributed by atoms with E-state index in [-0.39, 0.29) is 29.1 Å². The highest BCUT2D eigenvalue weighted by atomic mass is 35.5. The van der Waals surface area contributed by atoms with Crippen LogP contribution in [0.25, 0.3) is 0 Å². The fraction of sp³-hybridized carbons (Fsp3) is 0.417. The summed E-state index contributed by atoms with van der Waals surface area (Å²) in [6.07, 6.45) is 1.41. The number of nitrogens with one attached hydrogen (secondary N) is 1. The monoisotopic (exact) mass is 493 g/mol. The number of rotatable bonds is 11. The summed E-state index contributed by atoms with van der Waals surface area (Å²) in [7, 11) is -3.82. The van der Waals surface area contributed by atoms with E-state index in [1.165, 1.54) is 4.90 Å². The van der Waals surface area contributed by atoms with Crippen LogP contribution in [-0.2, 0) is 26.2 Å². The number of carbonyl (C=O) groups excluding carboxylic acids is 2. The molecule has 0 saturated carbocycles. The van der Waals surface area contributed by atoms with Crippen LogP contribution in [0.5, 0.6) is 0 Å². The maximum Gasteiger partial charge on any atom is 0.244 e.